The summed E-state index contributed by atoms with van der Waals surface area (Å²) >= 11 is 0. The summed E-state index contributed by atoms with van der Waals surface area (Å²) in [5, 5.41) is 117. The van der Waals surface area contributed by atoms with Gasteiger partial charge >= 0.3 is 5.97 Å². The van der Waals surface area contributed by atoms with Crippen molar-refractivity contribution >= 4 is 29.1 Å². The van der Waals surface area contributed by atoms with Crippen LogP contribution in [0.3, 0.4) is 0 Å². The fourth-order valence-corrected chi connectivity index (χ4v) is 12.0. The van der Waals surface area contributed by atoms with Gasteiger partial charge in [-0.2, -0.15) is 0 Å². The first-order valence-corrected chi connectivity index (χ1v) is 31.2. The van der Waals surface area contributed by atoms with Crippen molar-refractivity contribution in [3.63, 3.8) is 0 Å². The minimum absolute atomic E-state index is 0.0654. The highest BCUT2D eigenvalue weighted by molar-refractivity contribution is 5.96. The van der Waals surface area contributed by atoms with Gasteiger partial charge in [-0.1, -0.05) is 106 Å². The molecule has 15 unspecified atom stereocenters. The molecular weight excluding hydrogens is 1140 g/mol. The molecule has 0 radical (unpaired) electrons. The summed E-state index contributed by atoms with van der Waals surface area (Å²) in [4.78, 5) is 55.9. The lowest BCUT2D eigenvalue weighted by atomic mass is 9.82. The number of nitrogens with two attached hydrogens (primary N) is 1. The number of nitrogens with zero attached hydrogens (tertiary/aromatic N) is 1. The molecule has 1 amide bonds. The Hall–Kier alpha value is -5.12. The molecule has 4 aliphatic rings. The van der Waals surface area contributed by atoms with E-state index in [4.69, 9.17) is 24.7 Å². The van der Waals surface area contributed by atoms with Crippen molar-refractivity contribution in [1.29, 1.82) is 0 Å². The second kappa shape index (κ2) is 37.3. The number of cyclic esters (lactones) is 1. The zero-order valence-corrected chi connectivity index (χ0v) is 51.6. The highest BCUT2D eigenvalue weighted by Crippen LogP contribution is 2.38. The molecule has 22 nitrogen and oxygen atoms in total. The fraction of sp³-hybridized carbons (Fsp3) is 0.636. The molecule has 88 heavy (non-hydrogen) atoms. The number of allylic oxidation sites excluding steroid dienone is 12. The molecule has 0 aliphatic carbocycles. The molecule has 4 heterocycles. The normalized spacial score (nSPS) is 35.1. The average molecular weight is 1240 g/mol. The molecule has 2 bridgehead atoms. The Bertz CT molecular complexity index is 2520. The van der Waals surface area contributed by atoms with Gasteiger partial charge in [0.15, 0.2) is 17.9 Å². The molecule has 1 aromatic carbocycles. The average Bonchev–Trinajstić information content (AvgIpc) is 1.02. The molecule has 492 valence electrons. The van der Waals surface area contributed by atoms with Crippen LogP contribution in [0.5, 0.6) is 0 Å². The third-order valence-electron chi connectivity index (χ3n) is 16.8. The Morgan fingerprint density at radius 3 is 1.98 bits per heavy atom. The Balaban J connectivity index is 1.36. The van der Waals surface area contributed by atoms with Crippen molar-refractivity contribution in [3.8, 4) is 0 Å². The first-order chi connectivity index (χ1) is 41.9. The summed E-state index contributed by atoms with van der Waals surface area (Å²) in [7, 11) is 1.77. The number of nitrogens with one attached hydrogen (secondary N) is 2. The van der Waals surface area contributed by atoms with Crippen LogP contribution in [0.1, 0.15) is 128 Å². The number of amides is 1. The van der Waals surface area contributed by atoms with Crippen LogP contribution < -0.4 is 16.4 Å². The third kappa shape index (κ3) is 24.6. The molecule has 3 saturated heterocycles. The van der Waals surface area contributed by atoms with E-state index in [0.717, 1.165) is 31.6 Å². The van der Waals surface area contributed by atoms with Crippen LogP contribution in [0.15, 0.2) is 109 Å². The van der Waals surface area contributed by atoms with Crippen LogP contribution in [-0.2, 0) is 33.3 Å². The fourth-order valence-electron chi connectivity index (χ4n) is 12.0. The number of rotatable bonds is 14. The summed E-state index contributed by atoms with van der Waals surface area (Å²) in [6.45, 7) is 9.27. The van der Waals surface area contributed by atoms with E-state index in [1.807, 2.05) is 45.1 Å². The number of hydrogen-bond acceptors (Lipinski definition) is 21. The molecule has 0 saturated carbocycles. The van der Waals surface area contributed by atoms with Gasteiger partial charge in [-0.3, -0.25) is 24.1 Å². The molecule has 22 heteroatoms. The maximum Gasteiger partial charge on any atom is 0.308 e. The zero-order valence-electron chi connectivity index (χ0n) is 51.6. The Kier molecular flexibility index (Phi) is 31.2. The minimum Gasteiger partial charge on any atom is -0.461 e. The number of hydrogen-bond donors (Lipinski definition) is 13. The number of carbonyl (C=O) groups is 4. The van der Waals surface area contributed by atoms with E-state index in [1.54, 1.807) is 99.0 Å². The summed E-state index contributed by atoms with van der Waals surface area (Å²) in [5.41, 5.74) is 7.48. The van der Waals surface area contributed by atoms with Gasteiger partial charge in [0, 0.05) is 75.3 Å². The number of aliphatic hydroxyl groups is 10. The smallest absolute Gasteiger partial charge is 0.308 e. The number of aliphatic hydroxyl groups excluding tert-OH is 9. The zero-order chi connectivity index (χ0) is 64.5. The van der Waals surface area contributed by atoms with E-state index < -0.39 is 160 Å². The van der Waals surface area contributed by atoms with Crippen molar-refractivity contribution in [1.82, 2.24) is 10.2 Å². The third-order valence-corrected chi connectivity index (χ3v) is 16.8. The van der Waals surface area contributed by atoms with Gasteiger partial charge in [-0.15, -0.1) is 0 Å². The van der Waals surface area contributed by atoms with Crippen LogP contribution in [0.4, 0.5) is 5.69 Å². The van der Waals surface area contributed by atoms with Gasteiger partial charge in [0.05, 0.1) is 85.5 Å². The van der Waals surface area contributed by atoms with E-state index in [0.29, 0.717) is 18.5 Å². The molecule has 0 aromatic heterocycles. The molecule has 5 rings (SSSR count). The number of benzene rings is 1. The highest BCUT2D eigenvalue weighted by Gasteiger charge is 2.51. The summed E-state index contributed by atoms with van der Waals surface area (Å²) in [6, 6.07) is 5.85. The quantitative estimate of drug-likeness (QED) is 0.0939. The van der Waals surface area contributed by atoms with Gasteiger partial charge in [0.1, 0.15) is 18.0 Å². The molecule has 1 aromatic rings. The predicted molar refractivity (Wildman–Crippen MR) is 331 cm³/mol. The lowest BCUT2D eigenvalue weighted by molar-refractivity contribution is -0.307. The van der Waals surface area contributed by atoms with Crippen LogP contribution in [0, 0.1) is 17.8 Å². The van der Waals surface area contributed by atoms with Gasteiger partial charge in [0.2, 0.25) is 5.91 Å². The van der Waals surface area contributed by atoms with Gasteiger partial charge < -0.3 is 86.4 Å². The van der Waals surface area contributed by atoms with Crippen LogP contribution in [-0.4, -0.2) is 210 Å². The number of ketones is 2. The number of esters is 1. The predicted octanol–water partition coefficient (Wildman–Crippen LogP) is 3.26. The second-order valence-electron chi connectivity index (χ2n) is 24.3. The van der Waals surface area contributed by atoms with Crippen LogP contribution >= 0.6 is 0 Å². The maximum atomic E-state index is 14.2. The van der Waals surface area contributed by atoms with Crippen molar-refractivity contribution in [2.24, 2.45) is 23.5 Å². The van der Waals surface area contributed by atoms with Crippen LogP contribution in [0.25, 0.3) is 0 Å². The largest absolute Gasteiger partial charge is 0.461 e. The lowest BCUT2D eigenvalue weighted by Crippen LogP contribution is -2.62. The topological polar surface area (TPSA) is 361 Å². The Morgan fingerprint density at radius 1 is 0.761 bits per heavy atom. The molecule has 0 spiro atoms. The Morgan fingerprint density at radius 2 is 1.35 bits per heavy atom. The number of likely N-dealkylation sites (N-methyl/N-ethyl adjacent to an activating group) is 1. The number of anilines is 1. The van der Waals surface area contributed by atoms with Crippen molar-refractivity contribution in [2.45, 2.75) is 221 Å². The number of fused-ring (bicyclic) bond motifs is 2. The molecular formula is C66H100N4O18. The SMILES string of the molecule is CCN1CCCC1CNC(=O)C1C(O)CC2(O)CC(O)CC(O)CC(O)CC(O)CC(=O)CC(O)CC(=O)OC(C(C)CCC(O)CC(=O)c3ccc(NC)cc3)C(C)C=CC=CC=CC=CC=CC=CC=CC(O[C@@H]3O[C@H](C)[C@@H](O)[C@H](N)[C@@H]3O)CC1O2. The van der Waals surface area contributed by atoms with Crippen molar-refractivity contribution in [3.05, 3.63) is 115 Å². The van der Waals surface area contributed by atoms with Gasteiger partial charge in [-0.25, -0.2) is 0 Å². The molecule has 3 fully saturated rings. The van der Waals surface area contributed by atoms with Crippen molar-refractivity contribution in [2.75, 3.05) is 32.0 Å². The minimum atomic E-state index is -2.28. The van der Waals surface area contributed by atoms with Crippen LogP contribution in [0.2, 0.25) is 0 Å². The first-order valence-electron chi connectivity index (χ1n) is 31.2. The Labute approximate surface area is 518 Å². The molecule has 4 aliphatic heterocycles. The van der Waals surface area contributed by atoms with E-state index >= 15 is 0 Å². The first kappa shape index (κ1) is 73.6. The van der Waals surface area contributed by atoms with Gasteiger partial charge in [0.25, 0.3) is 0 Å². The van der Waals surface area contributed by atoms with E-state index in [-0.39, 0.29) is 55.8 Å². The lowest BCUT2D eigenvalue weighted by Gasteiger charge is -2.46. The molecule has 14 N–H and O–H groups in total. The number of ether oxygens (including phenoxy) is 4. The number of carbonyl (C=O) groups excluding carboxylic acids is 4. The number of likely N-dealkylation sites (tertiary alicyclic amines) is 1. The summed E-state index contributed by atoms with van der Waals surface area (Å²) < 4.78 is 24.5. The van der Waals surface area contributed by atoms with E-state index in [1.165, 1.54) is 0 Å². The monoisotopic (exact) mass is 1240 g/mol. The van der Waals surface area contributed by atoms with Gasteiger partial charge in [-0.05, 0) is 95.1 Å². The summed E-state index contributed by atoms with van der Waals surface area (Å²) in [5.74, 6) is -6.40. The second-order valence-corrected chi connectivity index (χ2v) is 24.3. The standard InChI is InChI=1S/C66H100N4O18/c1-6-70-29-19-21-46(70)40-69-64(83)59-56(79)39-66(84)38-53(77)34-51(75)32-49(73)30-48(72)31-50(74)33-52(76)36-58(80)87-63(42(3)23-28-47(71)35-55(78)44-24-26-45(68-5)27-25-44)41(2)20-17-15-13-11-9-7-8-10-12-14-16-18-22-54(37-57(59)88-66)86-65-62(82)60(67)61(81)43(4)85-65/h7-18,20,22,24-27,41-43,46-49,51-54,56-57,59-63,65,68,71-73,75-77,79,81-82,84H,6,19,21,23,28-40,67H2,1-5H3,(H,69,83)/t41?,42?,43-,46?,47?,48?,49?,51?,52?,53?,54?,56?,57?,59?,60+,61-,62+,63?,65+,66?/m1/s1. The molecule has 20 atom stereocenters. The maximum absolute atomic E-state index is 14.2. The van der Waals surface area contributed by atoms with Crippen molar-refractivity contribution < 1.29 is 89.2 Å². The highest BCUT2D eigenvalue weighted by atomic mass is 16.7. The number of Topliss-reactive ketones (excluding diaryl/α,β-unsaturated/α-hetero) is 2. The summed E-state index contributed by atoms with van der Waals surface area (Å²) in [6.07, 6.45) is 5.35. The van der Waals surface area contributed by atoms with E-state index in [9.17, 15) is 70.2 Å². The van der Waals surface area contributed by atoms with E-state index in [2.05, 4.69) is 15.5 Å².